The summed E-state index contributed by atoms with van der Waals surface area (Å²) >= 11 is 0. The van der Waals surface area contributed by atoms with Gasteiger partial charge in [0.2, 0.25) is 0 Å². The molecule has 1 rings (SSSR count). The van der Waals surface area contributed by atoms with E-state index in [9.17, 15) is 4.79 Å². The molecule has 1 atom stereocenters. The second kappa shape index (κ2) is 7.67. The minimum Gasteiger partial charge on any atom is -0.458 e. The molecule has 18 heavy (non-hydrogen) atoms. The summed E-state index contributed by atoms with van der Waals surface area (Å²) in [5.41, 5.74) is -0.0598. The second-order valence-corrected chi connectivity index (χ2v) is 3.26. The molecule has 3 N–H and O–H groups in total. The number of ether oxygens (including phenoxy) is 1. The highest BCUT2D eigenvalue weighted by molar-refractivity contribution is 5.88. The first-order chi connectivity index (χ1) is 8.74. The van der Waals surface area contributed by atoms with E-state index in [1.165, 1.54) is 12.4 Å². The first-order valence-corrected chi connectivity index (χ1v) is 5.24. The highest BCUT2D eigenvalue weighted by Gasteiger charge is 2.23. The number of carbonyl (C=O) groups is 1. The number of esters is 1. The van der Waals surface area contributed by atoms with E-state index in [0.717, 1.165) is 0 Å². The molecule has 0 radical (unpaired) electrons. The summed E-state index contributed by atoms with van der Waals surface area (Å²) in [7, 11) is 0. The third-order valence-electron chi connectivity index (χ3n) is 2.07. The van der Waals surface area contributed by atoms with Gasteiger partial charge in [0.25, 0.3) is 0 Å². The number of aliphatic hydroxyl groups excluding tert-OH is 2. The molecule has 0 aromatic carbocycles. The number of rotatable bonds is 7. The first-order valence-electron chi connectivity index (χ1n) is 5.24. The van der Waals surface area contributed by atoms with Crippen LogP contribution in [0.5, 0.6) is 0 Å². The molecule has 0 aliphatic carbocycles. The number of hydrogen-bond acceptors (Lipinski definition) is 8. The Labute approximate surface area is 103 Å². The Balaban J connectivity index is 2.93. The fourth-order valence-electron chi connectivity index (χ4n) is 1.30. The average molecular weight is 258 g/mol. The number of aromatic nitrogens is 2. The van der Waals surface area contributed by atoms with E-state index in [-0.39, 0.29) is 37.6 Å². The normalized spacial score (nSPS) is 12.2. The van der Waals surface area contributed by atoms with Crippen molar-refractivity contribution in [2.24, 2.45) is 0 Å². The van der Waals surface area contributed by atoms with Gasteiger partial charge in [0.15, 0.2) is 5.69 Å². The van der Waals surface area contributed by atoms with Crippen LogP contribution in [0.2, 0.25) is 0 Å². The van der Waals surface area contributed by atoms with Gasteiger partial charge in [-0.15, -0.1) is 0 Å². The Kier molecular flexibility index (Phi) is 6.15. The van der Waals surface area contributed by atoms with Crippen LogP contribution >= 0.6 is 0 Å². The monoisotopic (exact) mass is 258 g/mol. The summed E-state index contributed by atoms with van der Waals surface area (Å²) < 4.78 is 4.70. The summed E-state index contributed by atoms with van der Waals surface area (Å²) in [6.45, 7) is -0.732. The quantitative estimate of drug-likeness (QED) is 0.341. The summed E-state index contributed by atoms with van der Waals surface area (Å²) in [4.78, 5) is 23.4. The van der Waals surface area contributed by atoms with Crippen molar-refractivity contribution < 1.29 is 29.9 Å². The Bertz CT molecular complexity index is 386. The van der Waals surface area contributed by atoms with Gasteiger partial charge in [0, 0.05) is 25.4 Å². The predicted octanol–water partition coefficient (Wildman–Crippen LogP) is -0.461. The van der Waals surface area contributed by atoms with E-state index >= 15 is 0 Å². The zero-order chi connectivity index (χ0) is 13.4. The van der Waals surface area contributed by atoms with Crippen LogP contribution in [-0.4, -0.2) is 51.2 Å². The molecule has 0 bridgehead atoms. The number of hydrogen-bond donors (Lipinski definition) is 3. The van der Waals surface area contributed by atoms with Gasteiger partial charge in [-0.25, -0.2) is 14.7 Å². The maximum atomic E-state index is 11.6. The smallest absolute Gasteiger partial charge is 0.359 e. The lowest BCUT2D eigenvalue weighted by Gasteiger charge is -2.13. The molecule has 0 aliphatic heterocycles. The fraction of sp³-hybridized carbons (Fsp3) is 0.500. The maximum absolute atomic E-state index is 11.6. The van der Waals surface area contributed by atoms with E-state index < -0.39 is 12.1 Å². The van der Waals surface area contributed by atoms with Crippen LogP contribution in [0.25, 0.3) is 0 Å². The summed E-state index contributed by atoms with van der Waals surface area (Å²) in [6.07, 6.45) is 1.68. The van der Waals surface area contributed by atoms with E-state index in [0.29, 0.717) is 0 Å². The molecule has 0 saturated carbocycles. The SMILES string of the molecule is O=C(OCCO)c1nccnc1C(CCO)OO. The van der Waals surface area contributed by atoms with Crippen molar-refractivity contribution in [2.45, 2.75) is 12.5 Å². The topological polar surface area (TPSA) is 122 Å². The molecule has 1 heterocycles. The first kappa shape index (κ1) is 14.5. The van der Waals surface area contributed by atoms with E-state index in [4.69, 9.17) is 20.2 Å². The van der Waals surface area contributed by atoms with Gasteiger partial charge in [0.1, 0.15) is 18.4 Å². The summed E-state index contributed by atoms with van der Waals surface area (Å²) in [5, 5.41) is 26.1. The molecule has 0 amide bonds. The predicted molar refractivity (Wildman–Crippen MR) is 57.6 cm³/mol. The molecular weight excluding hydrogens is 244 g/mol. The zero-order valence-electron chi connectivity index (χ0n) is 9.52. The van der Waals surface area contributed by atoms with Gasteiger partial charge in [-0.1, -0.05) is 0 Å². The van der Waals surface area contributed by atoms with Crippen LogP contribution in [-0.2, 0) is 9.62 Å². The lowest BCUT2D eigenvalue weighted by Crippen LogP contribution is -2.17. The van der Waals surface area contributed by atoms with Crippen LogP contribution in [0.3, 0.4) is 0 Å². The van der Waals surface area contributed by atoms with Crippen LogP contribution in [0, 0.1) is 0 Å². The van der Waals surface area contributed by atoms with Crippen molar-refractivity contribution in [1.82, 2.24) is 9.97 Å². The van der Waals surface area contributed by atoms with Gasteiger partial charge >= 0.3 is 5.97 Å². The van der Waals surface area contributed by atoms with Crippen LogP contribution in [0.15, 0.2) is 12.4 Å². The summed E-state index contributed by atoms with van der Waals surface area (Å²) in [6, 6.07) is 0. The van der Waals surface area contributed by atoms with Crippen LogP contribution in [0.4, 0.5) is 0 Å². The molecule has 0 spiro atoms. The van der Waals surface area contributed by atoms with Crippen LogP contribution < -0.4 is 0 Å². The molecule has 1 aromatic rings. The van der Waals surface area contributed by atoms with Gasteiger partial charge in [0.05, 0.1) is 6.61 Å². The third kappa shape index (κ3) is 3.70. The molecule has 1 unspecified atom stereocenters. The Morgan fingerprint density at radius 3 is 2.61 bits per heavy atom. The Hall–Kier alpha value is -1.61. The Morgan fingerprint density at radius 1 is 1.28 bits per heavy atom. The molecule has 1 aromatic heterocycles. The molecule has 8 nitrogen and oxygen atoms in total. The molecular formula is C10H14N2O6. The van der Waals surface area contributed by atoms with Crippen molar-refractivity contribution in [1.29, 1.82) is 0 Å². The zero-order valence-corrected chi connectivity index (χ0v) is 9.52. The number of nitrogens with zero attached hydrogens (tertiary/aromatic N) is 2. The van der Waals surface area contributed by atoms with Crippen molar-refractivity contribution in [3.8, 4) is 0 Å². The van der Waals surface area contributed by atoms with Crippen molar-refractivity contribution in [3.63, 3.8) is 0 Å². The van der Waals surface area contributed by atoms with Crippen molar-refractivity contribution in [3.05, 3.63) is 23.8 Å². The molecule has 0 saturated heterocycles. The largest absolute Gasteiger partial charge is 0.458 e. The van der Waals surface area contributed by atoms with E-state index in [1.807, 2.05) is 0 Å². The van der Waals surface area contributed by atoms with Gasteiger partial charge in [-0.05, 0) is 0 Å². The van der Waals surface area contributed by atoms with E-state index in [1.54, 1.807) is 0 Å². The van der Waals surface area contributed by atoms with E-state index in [2.05, 4.69) is 14.9 Å². The standard InChI is InChI=1S/C10H14N2O6/c13-4-1-7(18-16)8-9(12-3-2-11-8)10(15)17-6-5-14/h2-3,7,13-14,16H,1,4-6H2. The Morgan fingerprint density at radius 2 is 2.00 bits per heavy atom. The van der Waals surface area contributed by atoms with Gasteiger partial charge in [-0.3, -0.25) is 10.2 Å². The highest BCUT2D eigenvalue weighted by Crippen LogP contribution is 2.20. The number of aliphatic hydroxyl groups is 2. The maximum Gasteiger partial charge on any atom is 0.359 e. The second-order valence-electron chi connectivity index (χ2n) is 3.26. The minimum absolute atomic E-state index is 0.0511. The van der Waals surface area contributed by atoms with Crippen molar-refractivity contribution >= 4 is 5.97 Å². The third-order valence-corrected chi connectivity index (χ3v) is 2.07. The van der Waals surface area contributed by atoms with Crippen LogP contribution in [0.1, 0.15) is 28.7 Å². The van der Waals surface area contributed by atoms with Crippen molar-refractivity contribution in [2.75, 3.05) is 19.8 Å². The number of carbonyl (C=O) groups excluding carboxylic acids is 1. The lowest BCUT2D eigenvalue weighted by molar-refractivity contribution is -0.285. The molecule has 8 heteroatoms. The fourth-order valence-corrected chi connectivity index (χ4v) is 1.30. The average Bonchev–Trinajstić information content (AvgIpc) is 2.42. The molecule has 0 fully saturated rings. The summed E-state index contributed by atoms with van der Waals surface area (Å²) in [5.74, 6) is -0.785. The molecule has 100 valence electrons. The minimum atomic E-state index is -0.972. The molecule has 0 aliphatic rings. The lowest BCUT2D eigenvalue weighted by atomic mass is 10.1. The highest BCUT2D eigenvalue weighted by atomic mass is 17.1. The van der Waals surface area contributed by atoms with Gasteiger partial charge in [-0.2, -0.15) is 0 Å². The van der Waals surface area contributed by atoms with Gasteiger partial charge < -0.3 is 14.9 Å².